The lowest BCUT2D eigenvalue weighted by Crippen LogP contribution is -1.97. The number of unbranched alkanes of at least 4 members (excludes halogenated alkanes) is 2. The fourth-order valence-electron chi connectivity index (χ4n) is 5.55. The zero-order valence-corrected chi connectivity index (χ0v) is 30.2. The Morgan fingerprint density at radius 3 is 1.86 bits per heavy atom. The molecule has 6 heterocycles. The van der Waals surface area contributed by atoms with E-state index in [1.165, 1.54) is 6.07 Å². The van der Waals surface area contributed by atoms with Crippen LogP contribution in [0, 0.1) is 0 Å². The van der Waals surface area contributed by atoms with Crippen molar-refractivity contribution < 1.29 is 21.8 Å². The van der Waals surface area contributed by atoms with Crippen LogP contribution in [0.2, 0.25) is 20.1 Å². The number of hydrogen-bond acceptors (Lipinski definition) is 8. The van der Waals surface area contributed by atoms with E-state index in [0.717, 1.165) is 46.4 Å². The standard InChI is InChI=1S/C33H20Cl4N4O5S3/c34-17-8-10-23(19(36)14-17)40-28-30(45-25-12-13-47-32(25)28)21(38-40)6-4-2-1-3-5-7-22-31-29(33-26(46-31)16-27(48-33)49(42,43)44)41(39-22)24-11-9-18(35)15-20(24)37/h4-16H,1-3H2,(H,42,43,44). The van der Waals surface area contributed by atoms with E-state index >= 15 is 0 Å². The van der Waals surface area contributed by atoms with Crippen molar-refractivity contribution in [1.82, 2.24) is 19.6 Å². The second-order valence-electron chi connectivity index (χ2n) is 10.9. The maximum Gasteiger partial charge on any atom is 0.304 e. The predicted octanol–water partition coefficient (Wildman–Crippen LogP) is 11.7. The topological polar surface area (TPSA) is 116 Å². The van der Waals surface area contributed by atoms with Gasteiger partial charge in [0, 0.05) is 16.1 Å². The van der Waals surface area contributed by atoms with Crippen LogP contribution in [0.15, 0.2) is 79.1 Å². The highest BCUT2D eigenvalue weighted by atomic mass is 35.5. The molecule has 1 N–H and O–H groups in total. The van der Waals surface area contributed by atoms with Gasteiger partial charge in [-0.05, 0) is 79.3 Å². The highest BCUT2D eigenvalue weighted by molar-refractivity contribution is 7.88. The molecule has 0 amide bonds. The van der Waals surface area contributed by atoms with E-state index in [1.54, 1.807) is 51.0 Å². The zero-order chi connectivity index (χ0) is 34.0. The fraction of sp³-hybridized carbons (Fsp3) is 0.0909. The molecular formula is C33H20Cl4N4O5S3. The van der Waals surface area contributed by atoms with Gasteiger partial charge in [-0.25, -0.2) is 9.36 Å². The number of benzene rings is 2. The maximum absolute atomic E-state index is 11.8. The Morgan fingerprint density at radius 1 is 0.755 bits per heavy atom. The average molecular weight is 791 g/mol. The number of nitrogens with zero attached hydrogens (tertiary/aromatic N) is 4. The molecule has 0 aliphatic heterocycles. The van der Waals surface area contributed by atoms with Crippen LogP contribution in [0.25, 0.3) is 66.3 Å². The summed E-state index contributed by atoms with van der Waals surface area (Å²) in [5.74, 6) is 0. The van der Waals surface area contributed by atoms with Crippen LogP contribution in [-0.4, -0.2) is 32.5 Å². The Kier molecular flexibility index (Phi) is 8.40. The summed E-state index contributed by atoms with van der Waals surface area (Å²) in [5.41, 5.74) is 6.13. The number of allylic oxidation sites excluding steroid dienone is 2. The summed E-state index contributed by atoms with van der Waals surface area (Å²) in [6.07, 6.45) is 10.2. The third kappa shape index (κ3) is 5.89. The first-order chi connectivity index (χ1) is 23.6. The number of thiophene rings is 2. The molecule has 8 rings (SSSR count). The zero-order valence-electron chi connectivity index (χ0n) is 24.7. The summed E-state index contributed by atoms with van der Waals surface area (Å²) in [4.78, 5) is 0. The summed E-state index contributed by atoms with van der Waals surface area (Å²) in [6.45, 7) is 0. The SMILES string of the molecule is O=S(=O)(O)c1cc2oc3c(C=CCCCC=Cc4nn(-c5ccc(Cl)cc5Cl)c5c4oc4ccsc45)nn(-c4ccc(Cl)cc4Cl)c3c2s1. The van der Waals surface area contributed by atoms with Gasteiger partial charge in [0.2, 0.25) is 0 Å². The first kappa shape index (κ1) is 32.6. The van der Waals surface area contributed by atoms with E-state index in [1.807, 2.05) is 35.7 Å². The first-order valence-corrected chi connectivity index (χ1v) is 19.3. The predicted molar refractivity (Wildman–Crippen MR) is 199 cm³/mol. The Morgan fingerprint density at radius 2 is 1.31 bits per heavy atom. The van der Waals surface area contributed by atoms with Crippen molar-refractivity contribution in [3.63, 3.8) is 0 Å². The molecule has 248 valence electrons. The minimum absolute atomic E-state index is 0.226. The molecule has 0 aliphatic carbocycles. The average Bonchev–Trinajstić information content (AvgIpc) is 3.86. The van der Waals surface area contributed by atoms with Gasteiger partial charge in [-0.1, -0.05) is 58.6 Å². The summed E-state index contributed by atoms with van der Waals surface area (Å²) in [7, 11) is -4.41. The molecule has 0 saturated carbocycles. The summed E-state index contributed by atoms with van der Waals surface area (Å²) in [5, 5.41) is 13.4. The van der Waals surface area contributed by atoms with Crippen molar-refractivity contribution in [2.75, 3.05) is 0 Å². The number of aromatic nitrogens is 4. The molecule has 0 saturated heterocycles. The minimum Gasteiger partial charge on any atom is -0.451 e. The molecule has 0 bridgehead atoms. The summed E-state index contributed by atoms with van der Waals surface area (Å²) in [6, 6.07) is 13.6. The van der Waals surface area contributed by atoms with Crippen molar-refractivity contribution in [3.8, 4) is 11.4 Å². The lowest BCUT2D eigenvalue weighted by molar-refractivity contribution is 0.485. The molecule has 16 heteroatoms. The Labute approximate surface area is 305 Å². The van der Waals surface area contributed by atoms with Gasteiger partial charge in [0.15, 0.2) is 15.4 Å². The van der Waals surface area contributed by atoms with Crippen molar-refractivity contribution in [1.29, 1.82) is 0 Å². The van der Waals surface area contributed by atoms with Crippen molar-refractivity contribution in [2.24, 2.45) is 0 Å². The molecular weight excluding hydrogens is 770 g/mol. The molecule has 2 aromatic carbocycles. The number of fused-ring (bicyclic) bond motifs is 6. The van der Waals surface area contributed by atoms with E-state index < -0.39 is 10.1 Å². The van der Waals surface area contributed by atoms with E-state index in [-0.39, 0.29) is 4.21 Å². The Hall–Kier alpha value is -3.59. The molecule has 0 radical (unpaired) electrons. The second kappa shape index (κ2) is 12.6. The van der Waals surface area contributed by atoms with Gasteiger partial charge < -0.3 is 8.83 Å². The van der Waals surface area contributed by atoms with Crippen LogP contribution in [-0.2, 0) is 10.1 Å². The van der Waals surface area contributed by atoms with Gasteiger partial charge in [-0.15, -0.1) is 22.7 Å². The monoisotopic (exact) mass is 788 g/mol. The van der Waals surface area contributed by atoms with Gasteiger partial charge in [0.1, 0.15) is 38.3 Å². The number of rotatable bonds is 9. The van der Waals surface area contributed by atoms with Gasteiger partial charge in [0.25, 0.3) is 0 Å². The molecule has 0 spiro atoms. The van der Waals surface area contributed by atoms with Crippen LogP contribution in [0.4, 0.5) is 0 Å². The van der Waals surface area contributed by atoms with Gasteiger partial charge >= 0.3 is 10.1 Å². The van der Waals surface area contributed by atoms with Crippen molar-refractivity contribution in [3.05, 3.63) is 97.5 Å². The summed E-state index contributed by atoms with van der Waals surface area (Å²) < 4.78 is 50.1. The number of hydrogen-bond donors (Lipinski definition) is 1. The lowest BCUT2D eigenvalue weighted by atomic mass is 10.2. The Balaban J connectivity index is 1.04. The maximum atomic E-state index is 11.8. The molecule has 6 aromatic heterocycles. The lowest BCUT2D eigenvalue weighted by Gasteiger charge is -2.05. The summed E-state index contributed by atoms with van der Waals surface area (Å²) >= 11 is 27.8. The third-order valence-electron chi connectivity index (χ3n) is 7.72. The van der Waals surface area contributed by atoms with Crippen LogP contribution < -0.4 is 0 Å². The van der Waals surface area contributed by atoms with E-state index in [2.05, 4.69) is 6.08 Å². The molecule has 0 aliphatic rings. The molecule has 0 unspecified atom stereocenters. The van der Waals surface area contributed by atoms with Gasteiger partial charge in [-0.3, -0.25) is 4.55 Å². The third-order valence-corrected chi connectivity index (χ3v) is 12.1. The first-order valence-electron chi connectivity index (χ1n) is 14.6. The second-order valence-corrected chi connectivity index (χ2v) is 16.2. The molecule has 0 fully saturated rings. The Bertz CT molecular complexity index is 2750. The smallest absolute Gasteiger partial charge is 0.304 e. The van der Waals surface area contributed by atoms with Crippen LogP contribution in [0.1, 0.15) is 30.7 Å². The van der Waals surface area contributed by atoms with Crippen LogP contribution in [0.5, 0.6) is 0 Å². The molecule has 49 heavy (non-hydrogen) atoms. The normalized spacial score (nSPS) is 12.8. The fourth-order valence-corrected chi connectivity index (χ4v) is 9.14. The minimum atomic E-state index is -4.41. The largest absolute Gasteiger partial charge is 0.451 e. The van der Waals surface area contributed by atoms with Crippen molar-refractivity contribution in [2.45, 2.75) is 23.5 Å². The highest BCUT2D eigenvalue weighted by Crippen LogP contribution is 2.41. The van der Waals surface area contributed by atoms with Gasteiger partial charge in [-0.2, -0.15) is 18.6 Å². The van der Waals surface area contributed by atoms with Crippen molar-refractivity contribution >= 4 is 134 Å². The number of furan rings is 2. The molecule has 9 nitrogen and oxygen atoms in total. The van der Waals surface area contributed by atoms with Crippen LogP contribution in [0.3, 0.4) is 0 Å². The molecule has 8 aromatic rings. The molecule has 0 atom stereocenters. The van der Waals surface area contributed by atoms with E-state index in [0.29, 0.717) is 69.8 Å². The van der Waals surface area contributed by atoms with Gasteiger partial charge in [0.05, 0.1) is 26.1 Å². The quantitative estimate of drug-likeness (QED) is 0.114. The van der Waals surface area contributed by atoms with E-state index in [4.69, 9.17) is 65.4 Å². The number of halogens is 4. The van der Waals surface area contributed by atoms with Crippen LogP contribution >= 0.6 is 69.1 Å². The highest BCUT2D eigenvalue weighted by Gasteiger charge is 2.25. The van der Waals surface area contributed by atoms with E-state index in [9.17, 15) is 13.0 Å².